The van der Waals surface area contributed by atoms with Crippen molar-refractivity contribution in [2.24, 2.45) is 5.73 Å². The third kappa shape index (κ3) is 5.54. The first kappa shape index (κ1) is 16.4. The minimum absolute atomic E-state index is 0.187. The molecule has 0 spiro atoms. The number of anilines is 1. The number of hydrogen-bond donors (Lipinski definition) is 3. The Balaban J connectivity index is 2.77. The average Bonchev–Trinajstić information content (AvgIpc) is 2.30. The smallest absolute Gasteiger partial charge is 0.412 e. The van der Waals surface area contributed by atoms with E-state index in [0.29, 0.717) is 11.3 Å². The first-order valence-electron chi connectivity index (χ1n) is 6.36. The van der Waals surface area contributed by atoms with E-state index in [4.69, 9.17) is 15.6 Å². The molecular weight excluding hydrogens is 263 g/mol. The molecule has 0 heterocycles. The van der Waals surface area contributed by atoms with Crippen molar-refractivity contribution in [2.75, 3.05) is 11.9 Å². The second kappa shape index (κ2) is 6.67. The molecule has 1 unspecified atom stereocenters. The molecule has 1 rings (SSSR count). The monoisotopic (exact) mass is 284 g/mol. The van der Waals surface area contributed by atoms with Crippen LogP contribution in [0, 0.1) is 5.82 Å². The van der Waals surface area contributed by atoms with Crippen LogP contribution in [0.25, 0.3) is 0 Å². The van der Waals surface area contributed by atoms with E-state index in [1.165, 1.54) is 18.2 Å². The van der Waals surface area contributed by atoms with Crippen LogP contribution in [0.1, 0.15) is 26.3 Å². The SMILES string of the molecule is CC(C)(C)OC(=O)Nc1ccc(F)c(CC(N)CO)c1. The van der Waals surface area contributed by atoms with Gasteiger partial charge in [0.15, 0.2) is 0 Å². The van der Waals surface area contributed by atoms with Gasteiger partial charge in [-0.15, -0.1) is 0 Å². The molecule has 1 aromatic carbocycles. The van der Waals surface area contributed by atoms with Crippen LogP contribution < -0.4 is 11.1 Å². The summed E-state index contributed by atoms with van der Waals surface area (Å²) < 4.78 is 18.7. The lowest BCUT2D eigenvalue weighted by molar-refractivity contribution is 0.0636. The van der Waals surface area contributed by atoms with Gasteiger partial charge in [-0.3, -0.25) is 5.32 Å². The summed E-state index contributed by atoms with van der Waals surface area (Å²) in [7, 11) is 0. The van der Waals surface area contributed by atoms with Crippen molar-refractivity contribution >= 4 is 11.8 Å². The predicted molar refractivity (Wildman–Crippen MR) is 75.0 cm³/mol. The first-order valence-corrected chi connectivity index (χ1v) is 6.36. The third-order valence-electron chi connectivity index (χ3n) is 2.41. The standard InChI is InChI=1S/C14H21FN2O3/c1-14(2,3)20-13(19)17-11-4-5-12(15)9(7-11)6-10(16)8-18/h4-5,7,10,18H,6,8,16H2,1-3H3,(H,17,19). The van der Waals surface area contributed by atoms with Crippen LogP contribution in [0.2, 0.25) is 0 Å². The van der Waals surface area contributed by atoms with Crippen molar-refractivity contribution < 1.29 is 19.0 Å². The van der Waals surface area contributed by atoms with Crippen molar-refractivity contribution in [3.05, 3.63) is 29.6 Å². The fraction of sp³-hybridized carbons (Fsp3) is 0.500. The van der Waals surface area contributed by atoms with Crippen LogP contribution in [0.3, 0.4) is 0 Å². The van der Waals surface area contributed by atoms with Crippen LogP contribution in [0.4, 0.5) is 14.9 Å². The molecule has 6 heteroatoms. The maximum absolute atomic E-state index is 13.6. The number of aliphatic hydroxyl groups excluding tert-OH is 1. The lowest BCUT2D eigenvalue weighted by atomic mass is 10.1. The molecule has 1 amide bonds. The highest BCUT2D eigenvalue weighted by molar-refractivity contribution is 5.84. The summed E-state index contributed by atoms with van der Waals surface area (Å²) in [4.78, 5) is 11.6. The fourth-order valence-corrected chi connectivity index (χ4v) is 1.58. The summed E-state index contributed by atoms with van der Waals surface area (Å²) in [5, 5.41) is 11.4. The Bertz CT molecular complexity index is 472. The summed E-state index contributed by atoms with van der Waals surface area (Å²) in [6, 6.07) is 3.62. The number of amides is 1. The maximum atomic E-state index is 13.6. The van der Waals surface area contributed by atoms with Crippen LogP contribution in [-0.4, -0.2) is 29.4 Å². The molecule has 0 saturated carbocycles. The lowest BCUT2D eigenvalue weighted by Gasteiger charge is -2.20. The lowest BCUT2D eigenvalue weighted by Crippen LogP contribution is -2.28. The highest BCUT2D eigenvalue weighted by Crippen LogP contribution is 2.17. The Kier molecular flexibility index (Phi) is 5.47. The number of rotatable bonds is 4. The van der Waals surface area contributed by atoms with E-state index < -0.39 is 23.6 Å². The van der Waals surface area contributed by atoms with Crippen molar-refractivity contribution in [1.82, 2.24) is 0 Å². The zero-order chi connectivity index (χ0) is 15.3. The highest BCUT2D eigenvalue weighted by atomic mass is 19.1. The van der Waals surface area contributed by atoms with E-state index in [9.17, 15) is 9.18 Å². The normalized spacial score (nSPS) is 12.9. The van der Waals surface area contributed by atoms with E-state index in [1.54, 1.807) is 20.8 Å². The van der Waals surface area contributed by atoms with Gasteiger partial charge in [0.1, 0.15) is 11.4 Å². The van der Waals surface area contributed by atoms with Crippen LogP contribution in [0.5, 0.6) is 0 Å². The van der Waals surface area contributed by atoms with E-state index >= 15 is 0 Å². The van der Waals surface area contributed by atoms with Crippen LogP contribution in [0.15, 0.2) is 18.2 Å². The molecule has 4 N–H and O–H groups in total. The fourth-order valence-electron chi connectivity index (χ4n) is 1.58. The zero-order valence-corrected chi connectivity index (χ0v) is 11.9. The molecule has 1 atom stereocenters. The molecule has 0 aliphatic heterocycles. The highest BCUT2D eigenvalue weighted by Gasteiger charge is 2.17. The van der Waals surface area contributed by atoms with Gasteiger partial charge in [0.2, 0.25) is 0 Å². The topological polar surface area (TPSA) is 84.6 Å². The Morgan fingerprint density at radius 1 is 1.50 bits per heavy atom. The molecule has 20 heavy (non-hydrogen) atoms. The van der Waals surface area contributed by atoms with Gasteiger partial charge in [-0.05, 0) is 51.0 Å². The molecule has 0 aromatic heterocycles. The van der Waals surface area contributed by atoms with E-state index in [2.05, 4.69) is 5.32 Å². The Morgan fingerprint density at radius 3 is 2.70 bits per heavy atom. The minimum atomic E-state index is -0.610. The molecule has 0 fully saturated rings. The average molecular weight is 284 g/mol. The van der Waals surface area contributed by atoms with E-state index in [-0.39, 0.29) is 13.0 Å². The van der Waals surface area contributed by atoms with E-state index in [1.807, 2.05) is 0 Å². The Morgan fingerprint density at radius 2 is 2.15 bits per heavy atom. The van der Waals surface area contributed by atoms with Crippen molar-refractivity contribution in [2.45, 2.75) is 38.8 Å². The largest absolute Gasteiger partial charge is 0.444 e. The number of nitrogens with two attached hydrogens (primary N) is 1. The second-order valence-corrected chi connectivity index (χ2v) is 5.58. The van der Waals surface area contributed by atoms with Gasteiger partial charge >= 0.3 is 6.09 Å². The summed E-state index contributed by atoms with van der Waals surface area (Å²) >= 11 is 0. The summed E-state index contributed by atoms with van der Waals surface area (Å²) in [5.74, 6) is -0.427. The maximum Gasteiger partial charge on any atom is 0.412 e. The first-order chi connectivity index (χ1) is 9.21. The summed E-state index contributed by atoms with van der Waals surface area (Å²) in [5.41, 5.74) is 5.73. The molecule has 0 bridgehead atoms. The predicted octanol–water partition coefficient (Wildman–Crippen LogP) is 2.03. The van der Waals surface area contributed by atoms with Gasteiger partial charge in [-0.25, -0.2) is 9.18 Å². The van der Waals surface area contributed by atoms with Crippen LogP contribution in [-0.2, 0) is 11.2 Å². The molecular formula is C14H21FN2O3. The summed E-state index contributed by atoms with van der Waals surface area (Å²) in [6.45, 7) is 5.03. The van der Waals surface area contributed by atoms with Crippen LogP contribution >= 0.6 is 0 Å². The number of aliphatic hydroxyl groups is 1. The number of carbonyl (C=O) groups excluding carboxylic acids is 1. The molecule has 0 aliphatic rings. The molecule has 0 radical (unpaired) electrons. The molecule has 0 saturated heterocycles. The van der Waals surface area contributed by atoms with Crippen molar-refractivity contribution in [3.8, 4) is 0 Å². The number of ether oxygens (including phenoxy) is 1. The van der Waals surface area contributed by atoms with Gasteiger partial charge in [-0.2, -0.15) is 0 Å². The number of halogens is 1. The van der Waals surface area contributed by atoms with Crippen molar-refractivity contribution in [1.29, 1.82) is 0 Å². The van der Waals surface area contributed by atoms with Gasteiger partial charge < -0.3 is 15.6 Å². The quantitative estimate of drug-likeness (QED) is 0.790. The molecule has 5 nitrogen and oxygen atoms in total. The number of nitrogens with one attached hydrogen (secondary N) is 1. The van der Waals surface area contributed by atoms with Gasteiger partial charge in [0.25, 0.3) is 0 Å². The Hall–Kier alpha value is -1.66. The number of benzene rings is 1. The zero-order valence-electron chi connectivity index (χ0n) is 11.9. The molecule has 1 aromatic rings. The van der Waals surface area contributed by atoms with Crippen molar-refractivity contribution in [3.63, 3.8) is 0 Å². The Labute approximate surface area is 117 Å². The minimum Gasteiger partial charge on any atom is -0.444 e. The van der Waals surface area contributed by atoms with E-state index in [0.717, 1.165) is 0 Å². The van der Waals surface area contributed by atoms with Gasteiger partial charge in [0, 0.05) is 11.7 Å². The van der Waals surface area contributed by atoms with Gasteiger partial charge in [-0.1, -0.05) is 0 Å². The number of carbonyl (C=O) groups is 1. The summed E-state index contributed by atoms with van der Waals surface area (Å²) in [6.07, 6.45) is -0.423. The number of hydrogen-bond acceptors (Lipinski definition) is 4. The van der Waals surface area contributed by atoms with Gasteiger partial charge in [0.05, 0.1) is 6.61 Å². The molecule has 0 aliphatic carbocycles. The molecule has 112 valence electrons. The third-order valence-corrected chi connectivity index (χ3v) is 2.41. The second-order valence-electron chi connectivity index (χ2n) is 5.58.